The average Bonchev–Trinajstić information content (AvgIpc) is 2.55. The van der Waals surface area contributed by atoms with Crippen LogP contribution < -0.4 is 10.9 Å². The van der Waals surface area contributed by atoms with Crippen LogP contribution in [0.2, 0.25) is 0 Å². The molecule has 1 saturated heterocycles. The topological polar surface area (TPSA) is 104 Å². The van der Waals surface area contributed by atoms with Crippen LogP contribution in [0.4, 0.5) is 0 Å². The van der Waals surface area contributed by atoms with Crippen molar-refractivity contribution in [2.24, 2.45) is 0 Å². The fourth-order valence-electron chi connectivity index (χ4n) is 2.61. The van der Waals surface area contributed by atoms with Crippen LogP contribution in [0.15, 0.2) is 29.1 Å². The van der Waals surface area contributed by atoms with Crippen LogP contribution in [0.5, 0.6) is 0 Å². The molecular weight excluding hydrogens is 298 g/mol. The summed E-state index contributed by atoms with van der Waals surface area (Å²) in [5.74, 6) is -0.228. The van der Waals surface area contributed by atoms with E-state index < -0.39 is 6.10 Å². The minimum Gasteiger partial charge on any atom is -0.391 e. The van der Waals surface area contributed by atoms with Gasteiger partial charge in [-0.2, -0.15) is 0 Å². The number of hydrogen-bond donors (Lipinski definition) is 3. The number of aliphatic hydroxyl groups excluding tert-OH is 1. The minimum absolute atomic E-state index is 0.137. The van der Waals surface area contributed by atoms with Gasteiger partial charge in [-0.05, 0) is 18.6 Å². The number of aromatic amines is 1. The number of H-pyrrole nitrogens is 1. The molecule has 2 aromatic rings. The van der Waals surface area contributed by atoms with E-state index in [0.29, 0.717) is 36.4 Å². The Morgan fingerprint density at radius 3 is 3.09 bits per heavy atom. The third kappa shape index (κ3) is 3.75. The van der Waals surface area contributed by atoms with Crippen molar-refractivity contribution >= 4 is 16.9 Å². The number of aryl methyl sites for hydroxylation is 1. The molecule has 0 saturated carbocycles. The van der Waals surface area contributed by atoms with Crippen molar-refractivity contribution in [2.75, 3.05) is 13.2 Å². The number of fused-ring (bicyclic) bond motifs is 1. The van der Waals surface area contributed by atoms with Gasteiger partial charge in [0.1, 0.15) is 5.69 Å². The number of aliphatic hydroxyl groups is 1. The van der Waals surface area contributed by atoms with E-state index in [4.69, 9.17) is 4.74 Å². The molecule has 1 aromatic heterocycles. The molecule has 0 bridgehead atoms. The summed E-state index contributed by atoms with van der Waals surface area (Å²) >= 11 is 0. The average molecular weight is 317 g/mol. The summed E-state index contributed by atoms with van der Waals surface area (Å²) in [6.07, 6.45) is 0.305. The Bertz CT molecular complexity index is 758. The number of aromatic nitrogens is 2. The van der Waals surface area contributed by atoms with Gasteiger partial charge in [-0.3, -0.25) is 9.59 Å². The van der Waals surface area contributed by atoms with Gasteiger partial charge >= 0.3 is 0 Å². The second-order valence-corrected chi connectivity index (χ2v) is 5.63. The van der Waals surface area contributed by atoms with Crippen LogP contribution in [0.1, 0.15) is 18.5 Å². The van der Waals surface area contributed by atoms with E-state index in [1.807, 2.05) is 18.2 Å². The van der Waals surface area contributed by atoms with Gasteiger partial charge < -0.3 is 20.1 Å². The SMILES string of the molecule is O=C(CCc1nc2ccccc2[nH]c1=O)N[C@@H]1COCC[C@H]1O. The van der Waals surface area contributed by atoms with Gasteiger partial charge in [0.05, 0.1) is 29.8 Å². The highest BCUT2D eigenvalue weighted by Gasteiger charge is 2.25. The lowest BCUT2D eigenvalue weighted by atomic mass is 10.1. The Labute approximate surface area is 132 Å². The maximum absolute atomic E-state index is 12.0. The number of rotatable bonds is 4. The lowest BCUT2D eigenvalue weighted by Crippen LogP contribution is -2.49. The molecule has 1 aromatic carbocycles. The minimum atomic E-state index is -0.588. The lowest BCUT2D eigenvalue weighted by molar-refractivity contribution is -0.124. The molecule has 1 amide bonds. The van der Waals surface area contributed by atoms with Gasteiger partial charge in [0.2, 0.25) is 5.91 Å². The zero-order valence-corrected chi connectivity index (χ0v) is 12.6. The molecule has 122 valence electrons. The molecular formula is C16H19N3O4. The number of amides is 1. The fourth-order valence-corrected chi connectivity index (χ4v) is 2.61. The number of benzene rings is 1. The zero-order chi connectivity index (χ0) is 16.2. The number of ether oxygens (including phenoxy) is 1. The molecule has 3 rings (SSSR count). The van der Waals surface area contributed by atoms with E-state index in [1.54, 1.807) is 6.07 Å². The molecule has 7 heteroatoms. The highest BCUT2D eigenvalue weighted by atomic mass is 16.5. The Kier molecular flexibility index (Phi) is 4.68. The standard InChI is InChI=1S/C16H19N3O4/c20-14-7-8-23-9-13(14)18-15(21)6-5-12-16(22)19-11-4-2-1-3-10(11)17-12/h1-4,13-14,20H,5-9H2,(H,18,21)(H,19,22)/t13-,14-/m1/s1. The molecule has 0 radical (unpaired) electrons. The molecule has 23 heavy (non-hydrogen) atoms. The van der Waals surface area contributed by atoms with E-state index in [0.717, 1.165) is 0 Å². The molecule has 2 heterocycles. The van der Waals surface area contributed by atoms with Crippen molar-refractivity contribution in [1.82, 2.24) is 15.3 Å². The molecule has 0 spiro atoms. The van der Waals surface area contributed by atoms with E-state index >= 15 is 0 Å². The van der Waals surface area contributed by atoms with Crippen molar-refractivity contribution in [3.63, 3.8) is 0 Å². The van der Waals surface area contributed by atoms with Gasteiger partial charge in [-0.25, -0.2) is 4.98 Å². The molecule has 3 N–H and O–H groups in total. The smallest absolute Gasteiger partial charge is 0.270 e. The predicted octanol–water partition coefficient (Wildman–Crippen LogP) is 0.122. The number of hydrogen-bond acceptors (Lipinski definition) is 5. The van der Waals surface area contributed by atoms with E-state index in [2.05, 4.69) is 15.3 Å². The third-order valence-electron chi connectivity index (χ3n) is 3.92. The summed E-state index contributed by atoms with van der Waals surface area (Å²) in [5.41, 5.74) is 1.42. The summed E-state index contributed by atoms with van der Waals surface area (Å²) in [6, 6.07) is 6.87. The van der Waals surface area contributed by atoms with E-state index in [1.165, 1.54) is 0 Å². The molecule has 1 aliphatic rings. The normalized spacial score (nSPS) is 21.3. The summed E-state index contributed by atoms with van der Waals surface area (Å²) in [7, 11) is 0. The fraction of sp³-hybridized carbons (Fsp3) is 0.438. The Morgan fingerprint density at radius 1 is 1.43 bits per heavy atom. The summed E-state index contributed by atoms with van der Waals surface area (Å²) in [4.78, 5) is 31.0. The lowest BCUT2D eigenvalue weighted by Gasteiger charge is -2.28. The van der Waals surface area contributed by atoms with Crippen LogP contribution in [-0.2, 0) is 16.0 Å². The second-order valence-electron chi connectivity index (χ2n) is 5.63. The molecule has 7 nitrogen and oxygen atoms in total. The van der Waals surface area contributed by atoms with Gasteiger partial charge in [-0.15, -0.1) is 0 Å². The maximum Gasteiger partial charge on any atom is 0.270 e. The molecule has 1 aliphatic heterocycles. The first-order valence-electron chi connectivity index (χ1n) is 7.66. The Hall–Kier alpha value is -2.25. The Balaban J connectivity index is 1.62. The van der Waals surface area contributed by atoms with Crippen LogP contribution in [0, 0.1) is 0 Å². The van der Waals surface area contributed by atoms with Crippen molar-refractivity contribution in [1.29, 1.82) is 0 Å². The highest BCUT2D eigenvalue weighted by molar-refractivity contribution is 5.77. The number of nitrogens with zero attached hydrogens (tertiary/aromatic N) is 1. The molecule has 1 fully saturated rings. The number of carbonyl (C=O) groups is 1. The van der Waals surface area contributed by atoms with Crippen LogP contribution in [-0.4, -0.2) is 46.3 Å². The maximum atomic E-state index is 12.0. The van der Waals surface area contributed by atoms with Crippen LogP contribution in [0.3, 0.4) is 0 Å². The molecule has 0 aliphatic carbocycles. The quantitative estimate of drug-likeness (QED) is 0.743. The largest absolute Gasteiger partial charge is 0.391 e. The van der Waals surface area contributed by atoms with E-state index in [-0.39, 0.29) is 30.3 Å². The van der Waals surface area contributed by atoms with Crippen molar-refractivity contribution in [2.45, 2.75) is 31.4 Å². The van der Waals surface area contributed by atoms with Crippen LogP contribution >= 0.6 is 0 Å². The van der Waals surface area contributed by atoms with Crippen LogP contribution in [0.25, 0.3) is 11.0 Å². The summed E-state index contributed by atoms with van der Waals surface area (Å²) < 4.78 is 5.24. The Morgan fingerprint density at radius 2 is 2.26 bits per heavy atom. The monoisotopic (exact) mass is 317 g/mol. The first-order chi connectivity index (χ1) is 11.1. The molecule has 2 atom stereocenters. The summed E-state index contributed by atoms with van der Waals surface area (Å²) in [5, 5.41) is 12.5. The van der Waals surface area contributed by atoms with Crippen molar-refractivity contribution < 1.29 is 14.6 Å². The first kappa shape index (κ1) is 15.6. The second kappa shape index (κ2) is 6.89. The van der Waals surface area contributed by atoms with Gasteiger partial charge in [-0.1, -0.05) is 12.1 Å². The first-order valence-corrected chi connectivity index (χ1v) is 7.66. The predicted molar refractivity (Wildman–Crippen MR) is 84.1 cm³/mol. The number of para-hydroxylation sites is 2. The zero-order valence-electron chi connectivity index (χ0n) is 12.6. The van der Waals surface area contributed by atoms with Gasteiger partial charge in [0, 0.05) is 19.4 Å². The van der Waals surface area contributed by atoms with E-state index in [9.17, 15) is 14.7 Å². The van der Waals surface area contributed by atoms with Gasteiger partial charge in [0.25, 0.3) is 5.56 Å². The molecule has 0 unspecified atom stereocenters. The highest BCUT2D eigenvalue weighted by Crippen LogP contribution is 2.09. The summed E-state index contributed by atoms with van der Waals surface area (Å²) in [6.45, 7) is 0.811. The van der Waals surface area contributed by atoms with Gasteiger partial charge in [0.15, 0.2) is 0 Å². The number of carbonyl (C=O) groups excluding carboxylic acids is 1. The van der Waals surface area contributed by atoms with Crippen molar-refractivity contribution in [3.05, 3.63) is 40.3 Å². The third-order valence-corrected chi connectivity index (χ3v) is 3.92. The number of nitrogens with one attached hydrogen (secondary N) is 2. The van der Waals surface area contributed by atoms with Crippen molar-refractivity contribution in [3.8, 4) is 0 Å².